The van der Waals surface area contributed by atoms with Crippen molar-refractivity contribution in [1.29, 1.82) is 0 Å². The zero-order valence-corrected chi connectivity index (χ0v) is 11.5. The van der Waals surface area contributed by atoms with Crippen LogP contribution < -0.4 is 5.73 Å². The highest BCUT2D eigenvalue weighted by Crippen LogP contribution is 2.23. The molecule has 0 amide bonds. The largest absolute Gasteiger partial charge is 0.468 e. The molecule has 2 rings (SSSR count). The molecule has 3 nitrogen and oxygen atoms in total. The first-order chi connectivity index (χ1) is 8.83. The van der Waals surface area contributed by atoms with Gasteiger partial charge in [-0.15, -0.1) is 0 Å². The molecule has 0 saturated carbocycles. The monoisotopic (exact) mass is 250 g/mol. The maximum atomic E-state index is 5.68. The number of hydrogen-bond donors (Lipinski definition) is 1. The van der Waals surface area contributed by atoms with Crippen LogP contribution in [-0.4, -0.2) is 18.0 Å². The van der Waals surface area contributed by atoms with Gasteiger partial charge in [-0.2, -0.15) is 0 Å². The topological polar surface area (TPSA) is 42.4 Å². The molecular weight excluding hydrogens is 224 g/mol. The highest BCUT2D eigenvalue weighted by atomic mass is 16.3. The highest BCUT2D eigenvalue weighted by molar-refractivity contribution is 5.16. The summed E-state index contributed by atoms with van der Waals surface area (Å²) >= 11 is 0. The van der Waals surface area contributed by atoms with E-state index in [9.17, 15) is 0 Å². The fourth-order valence-electron chi connectivity index (χ4n) is 3.01. The van der Waals surface area contributed by atoms with Crippen LogP contribution in [0.15, 0.2) is 16.7 Å². The van der Waals surface area contributed by atoms with Crippen molar-refractivity contribution >= 4 is 0 Å². The average molecular weight is 250 g/mol. The minimum Gasteiger partial charge on any atom is -0.468 e. The van der Waals surface area contributed by atoms with E-state index >= 15 is 0 Å². The Balaban J connectivity index is 1.87. The number of likely N-dealkylation sites (tertiary alicyclic amines) is 1. The SMILES string of the molecule is CCCC1CCCN(Cc2ccoc2CN)CC1. The van der Waals surface area contributed by atoms with Gasteiger partial charge in [0.15, 0.2) is 0 Å². The Morgan fingerprint density at radius 2 is 2.28 bits per heavy atom. The standard InChI is InChI=1S/C15H26N2O/c1-2-4-13-5-3-8-17(9-6-13)12-14-7-10-18-15(14)11-16/h7,10,13H,2-6,8-9,11-12,16H2,1H3. The van der Waals surface area contributed by atoms with Crippen molar-refractivity contribution in [2.24, 2.45) is 11.7 Å². The summed E-state index contributed by atoms with van der Waals surface area (Å²) in [5.41, 5.74) is 6.95. The molecule has 0 aromatic carbocycles. The average Bonchev–Trinajstić information content (AvgIpc) is 2.71. The number of rotatable bonds is 5. The normalized spacial score (nSPS) is 22.0. The highest BCUT2D eigenvalue weighted by Gasteiger charge is 2.17. The summed E-state index contributed by atoms with van der Waals surface area (Å²) in [6, 6.07) is 2.07. The van der Waals surface area contributed by atoms with Gasteiger partial charge in [-0.3, -0.25) is 4.90 Å². The van der Waals surface area contributed by atoms with Crippen LogP contribution in [0, 0.1) is 5.92 Å². The third-order valence-corrected chi connectivity index (χ3v) is 4.05. The van der Waals surface area contributed by atoms with Gasteiger partial charge in [-0.1, -0.05) is 19.8 Å². The molecule has 0 radical (unpaired) electrons. The van der Waals surface area contributed by atoms with Crippen molar-refractivity contribution in [3.8, 4) is 0 Å². The van der Waals surface area contributed by atoms with Gasteiger partial charge in [-0.05, 0) is 44.3 Å². The molecule has 3 heteroatoms. The van der Waals surface area contributed by atoms with Crippen LogP contribution in [0.3, 0.4) is 0 Å². The summed E-state index contributed by atoms with van der Waals surface area (Å²) in [5.74, 6) is 1.89. The van der Waals surface area contributed by atoms with Crippen molar-refractivity contribution in [3.63, 3.8) is 0 Å². The lowest BCUT2D eigenvalue weighted by molar-refractivity contribution is 0.269. The molecule has 1 aliphatic rings. The van der Waals surface area contributed by atoms with Crippen molar-refractivity contribution in [2.45, 2.75) is 52.1 Å². The molecule has 1 aromatic rings. The lowest BCUT2D eigenvalue weighted by atomic mass is 9.96. The van der Waals surface area contributed by atoms with Gasteiger partial charge >= 0.3 is 0 Å². The maximum Gasteiger partial charge on any atom is 0.121 e. The van der Waals surface area contributed by atoms with E-state index in [1.165, 1.54) is 50.8 Å². The molecule has 1 fully saturated rings. The molecule has 1 saturated heterocycles. The molecule has 0 spiro atoms. The van der Waals surface area contributed by atoms with E-state index in [2.05, 4.69) is 17.9 Å². The minimum absolute atomic E-state index is 0.509. The predicted molar refractivity (Wildman–Crippen MR) is 74.1 cm³/mol. The summed E-state index contributed by atoms with van der Waals surface area (Å²) in [6.45, 7) is 6.24. The van der Waals surface area contributed by atoms with Crippen LogP contribution in [0.25, 0.3) is 0 Å². The van der Waals surface area contributed by atoms with Gasteiger partial charge in [0.1, 0.15) is 5.76 Å². The van der Waals surface area contributed by atoms with Gasteiger partial charge in [-0.25, -0.2) is 0 Å². The Hall–Kier alpha value is -0.800. The maximum absolute atomic E-state index is 5.68. The van der Waals surface area contributed by atoms with E-state index in [1.807, 2.05) is 0 Å². The molecule has 0 aliphatic carbocycles. The van der Waals surface area contributed by atoms with Gasteiger partial charge in [0, 0.05) is 12.1 Å². The van der Waals surface area contributed by atoms with Gasteiger partial charge in [0.2, 0.25) is 0 Å². The third-order valence-electron chi connectivity index (χ3n) is 4.05. The lowest BCUT2D eigenvalue weighted by Gasteiger charge is -2.19. The van der Waals surface area contributed by atoms with E-state index in [0.29, 0.717) is 6.54 Å². The minimum atomic E-state index is 0.509. The van der Waals surface area contributed by atoms with E-state index in [4.69, 9.17) is 10.2 Å². The van der Waals surface area contributed by atoms with Gasteiger partial charge < -0.3 is 10.2 Å². The van der Waals surface area contributed by atoms with E-state index < -0.39 is 0 Å². The fourth-order valence-corrected chi connectivity index (χ4v) is 3.01. The first-order valence-corrected chi connectivity index (χ1v) is 7.31. The number of hydrogen-bond acceptors (Lipinski definition) is 3. The Morgan fingerprint density at radius 1 is 1.39 bits per heavy atom. The Kier molecular flexibility index (Phi) is 5.26. The summed E-state index contributed by atoms with van der Waals surface area (Å²) in [5, 5.41) is 0. The predicted octanol–water partition coefficient (Wildman–Crippen LogP) is 3.14. The second-order valence-electron chi connectivity index (χ2n) is 5.43. The number of nitrogens with two attached hydrogens (primary N) is 1. The summed E-state index contributed by atoms with van der Waals surface area (Å²) < 4.78 is 5.39. The van der Waals surface area contributed by atoms with E-state index in [0.717, 1.165) is 18.2 Å². The van der Waals surface area contributed by atoms with Crippen molar-refractivity contribution in [2.75, 3.05) is 13.1 Å². The summed E-state index contributed by atoms with van der Waals surface area (Å²) in [6.07, 6.45) is 8.57. The molecule has 2 N–H and O–H groups in total. The van der Waals surface area contributed by atoms with Crippen LogP contribution >= 0.6 is 0 Å². The van der Waals surface area contributed by atoms with Crippen LogP contribution in [0.4, 0.5) is 0 Å². The molecule has 1 atom stereocenters. The van der Waals surface area contributed by atoms with Crippen molar-refractivity contribution < 1.29 is 4.42 Å². The summed E-state index contributed by atoms with van der Waals surface area (Å²) in [7, 11) is 0. The molecule has 102 valence electrons. The molecule has 1 aliphatic heterocycles. The second-order valence-corrected chi connectivity index (χ2v) is 5.43. The fraction of sp³-hybridized carbons (Fsp3) is 0.733. The van der Waals surface area contributed by atoms with Crippen LogP contribution in [-0.2, 0) is 13.1 Å². The second kappa shape index (κ2) is 6.95. The lowest BCUT2D eigenvalue weighted by Crippen LogP contribution is -2.24. The first-order valence-electron chi connectivity index (χ1n) is 7.31. The van der Waals surface area contributed by atoms with Crippen molar-refractivity contribution in [1.82, 2.24) is 4.90 Å². The van der Waals surface area contributed by atoms with Crippen LogP contribution in [0.2, 0.25) is 0 Å². The molecule has 18 heavy (non-hydrogen) atoms. The molecule has 1 unspecified atom stereocenters. The van der Waals surface area contributed by atoms with Crippen LogP contribution in [0.5, 0.6) is 0 Å². The third kappa shape index (κ3) is 3.59. The van der Waals surface area contributed by atoms with E-state index in [-0.39, 0.29) is 0 Å². The quantitative estimate of drug-likeness (QED) is 0.873. The van der Waals surface area contributed by atoms with E-state index in [1.54, 1.807) is 6.26 Å². The Labute approximate surface area is 110 Å². The number of furan rings is 1. The summed E-state index contributed by atoms with van der Waals surface area (Å²) in [4.78, 5) is 2.56. The van der Waals surface area contributed by atoms with Gasteiger partial charge in [0.05, 0.1) is 12.8 Å². The molecule has 1 aromatic heterocycles. The smallest absolute Gasteiger partial charge is 0.121 e. The molecule has 2 heterocycles. The van der Waals surface area contributed by atoms with Crippen molar-refractivity contribution in [3.05, 3.63) is 23.7 Å². The zero-order valence-electron chi connectivity index (χ0n) is 11.5. The molecule has 0 bridgehead atoms. The zero-order chi connectivity index (χ0) is 12.8. The number of nitrogens with zero attached hydrogens (tertiary/aromatic N) is 1. The Bertz CT molecular complexity index is 348. The van der Waals surface area contributed by atoms with Gasteiger partial charge in [0.25, 0.3) is 0 Å². The Morgan fingerprint density at radius 3 is 3.06 bits per heavy atom. The van der Waals surface area contributed by atoms with Crippen LogP contribution in [0.1, 0.15) is 50.4 Å². The molecular formula is C15H26N2O. The first kappa shape index (κ1) is 13.6.